The van der Waals surface area contributed by atoms with Gasteiger partial charge in [-0.25, -0.2) is 14.4 Å². The summed E-state index contributed by atoms with van der Waals surface area (Å²) in [6, 6.07) is 15.3. The van der Waals surface area contributed by atoms with E-state index in [1.807, 2.05) is 12.1 Å². The van der Waals surface area contributed by atoms with E-state index in [9.17, 15) is 9.18 Å². The second-order valence-corrected chi connectivity index (χ2v) is 5.53. The first kappa shape index (κ1) is 16.6. The fourth-order valence-electron chi connectivity index (χ4n) is 2.28. The van der Waals surface area contributed by atoms with Crippen molar-refractivity contribution in [1.29, 1.82) is 0 Å². The van der Waals surface area contributed by atoms with Gasteiger partial charge in [-0.15, -0.1) is 0 Å². The number of Topliss-reactive ketones (excluding diaryl/α,β-unsaturated/α-hetero) is 1. The number of anilines is 3. The number of nitrogens with zero attached hydrogens (tertiary/aromatic N) is 2. The molecule has 0 bridgehead atoms. The molecule has 3 aromatic rings. The van der Waals surface area contributed by atoms with Gasteiger partial charge in [-0.3, -0.25) is 4.79 Å². The van der Waals surface area contributed by atoms with Gasteiger partial charge in [-0.2, -0.15) is 0 Å². The molecular formula is C19H17FN4O. The molecule has 0 spiro atoms. The summed E-state index contributed by atoms with van der Waals surface area (Å²) in [4.78, 5) is 19.8. The molecule has 3 rings (SSSR count). The molecule has 0 saturated heterocycles. The van der Waals surface area contributed by atoms with Crippen LogP contribution < -0.4 is 10.6 Å². The molecule has 0 aliphatic carbocycles. The molecule has 0 aliphatic heterocycles. The van der Waals surface area contributed by atoms with Crippen molar-refractivity contribution in [2.45, 2.75) is 13.5 Å². The lowest BCUT2D eigenvalue weighted by Gasteiger charge is -2.09. The molecule has 1 heterocycles. The van der Waals surface area contributed by atoms with Crippen molar-refractivity contribution < 1.29 is 9.18 Å². The maximum atomic E-state index is 12.9. The Hall–Kier alpha value is -3.28. The second-order valence-electron chi connectivity index (χ2n) is 5.53. The highest BCUT2D eigenvalue weighted by Crippen LogP contribution is 2.18. The lowest BCUT2D eigenvalue weighted by atomic mass is 10.1. The fourth-order valence-corrected chi connectivity index (χ4v) is 2.28. The third-order valence-electron chi connectivity index (χ3n) is 3.60. The first-order chi connectivity index (χ1) is 12.1. The van der Waals surface area contributed by atoms with Crippen LogP contribution in [0.3, 0.4) is 0 Å². The van der Waals surface area contributed by atoms with E-state index in [1.165, 1.54) is 25.4 Å². The highest BCUT2D eigenvalue weighted by Gasteiger charge is 2.03. The summed E-state index contributed by atoms with van der Waals surface area (Å²) in [7, 11) is 0. The van der Waals surface area contributed by atoms with E-state index in [-0.39, 0.29) is 11.6 Å². The number of rotatable bonds is 6. The maximum Gasteiger partial charge on any atom is 0.159 e. The van der Waals surface area contributed by atoms with Gasteiger partial charge in [0.25, 0.3) is 0 Å². The minimum absolute atomic E-state index is 0.00740. The van der Waals surface area contributed by atoms with Crippen molar-refractivity contribution in [3.8, 4) is 0 Å². The van der Waals surface area contributed by atoms with E-state index in [0.717, 1.165) is 11.3 Å². The summed E-state index contributed by atoms with van der Waals surface area (Å²) >= 11 is 0. The predicted molar refractivity (Wildman–Crippen MR) is 95.5 cm³/mol. The molecule has 0 unspecified atom stereocenters. The van der Waals surface area contributed by atoms with Crippen LogP contribution in [0.5, 0.6) is 0 Å². The smallest absolute Gasteiger partial charge is 0.159 e. The van der Waals surface area contributed by atoms with Gasteiger partial charge in [0, 0.05) is 23.9 Å². The van der Waals surface area contributed by atoms with Crippen LogP contribution in [0.1, 0.15) is 22.8 Å². The fraction of sp³-hybridized carbons (Fsp3) is 0.105. The molecule has 6 heteroatoms. The highest BCUT2D eigenvalue weighted by atomic mass is 19.1. The van der Waals surface area contributed by atoms with E-state index in [2.05, 4.69) is 20.6 Å². The summed E-state index contributed by atoms with van der Waals surface area (Å²) in [6.45, 7) is 2.05. The van der Waals surface area contributed by atoms with Crippen molar-refractivity contribution in [2.24, 2.45) is 0 Å². The minimum Gasteiger partial charge on any atom is -0.366 e. The lowest BCUT2D eigenvalue weighted by Crippen LogP contribution is -2.03. The number of hydrogen-bond acceptors (Lipinski definition) is 5. The Morgan fingerprint density at radius 3 is 2.56 bits per heavy atom. The SMILES string of the molecule is CC(=O)c1cccc(Nc2cc(NCc3ccc(F)cc3)ncn2)c1. The third kappa shape index (κ3) is 4.60. The molecule has 0 saturated carbocycles. The molecular weight excluding hydrogens is 319 g/mol. The Balaban J connectivity index is 1.68. The van der Waals surface area contributed by atoms with Crippen molar-refractivity contribution in [3.63, 3.8) is 0 Å². The average Bonchev–Trinajstić information content (AvgIpc) is 2.62. The zero-order valence-electron chi connectivity index (χ0n) is 13.7. The molecule has 0 aliphatic rings. The molecule has 25 heavy (non-hydrogen) atoms. The van der Waals surface area contributed by atoms with Crippen LogP contribution in [-0.2, 0) is 6.54 Å². The predicted octanol–water partition coefficient (Wildman–Crippen LogP) is 4.17. The lowest BCUT2D eigenvalue weighted by molar-refractivity contribution is 0.101. The normalized spacial score (nSPS) is 10.3. The van der Waals surface area contributed by atoms with Gasteiger partial charge < -0.3 is 10.6 Å². The topological polar surface area (TPSA) is 66.9 Å². The largest absolute Gasteiger partial charge is 0.366 e. The maximum absolute atomic E-state index is 12.9. The van der Waals surface area contributed by atoms with Gasteiger partial charge in [0.2, 0.25) is 0 Å². The number of benzene rings is 2. The zero-order chi connectivity index (χ0) is 17.6. The van der Waals surface area contributed by atoms with Gasteiger partial charge >= 0.3 is 0 Å². The molecule has 2 N–H and O–H groups in total. The van der Waals surface area contributed by atoms with E-state index < -0.39 is 0 Å². The molecule has 0 fully saturated rings. The van der Waals surface area contributed by atoms with E-state index in [0.29, 0.717) is 23.7 Å². The summed E-state index contributed by atoms with van der Waals surface area (Å²) in [5, 5.41) is 6.32. The quantitative estimate of drug-likeness (QED) is 0.661. The highest BCUT2D eigenvalue weighted by molar-refractivity contribution is 5.95. The monoisotopic (exact) mass is 336 g/mol. The molecule has 1 aromatic heterocycles. The van der Waals surface area contributed by atoms with Crippen LogP contribution in [0.4, 0.5) is 21.7 Å². The number of carbonyl (C=O) groups excluding carboxylic acids is 1. The average molecular weight is 336 g/mol. The summed E-state index contributed by atoms with van der Waals surface area (Å²) in [5.41, 5.74) is 2.35. The first-order valence-electron chi connectivity index (χ1n) is 7.78. The molecule has 2 aromatic carbocycles. The number of carbonyl (C=O) groups is 1. The Morgan fingerprint density at radius 1 is 1.04 bits per heavy atom. The summed E-state index contributed by atoms with van der Waals surface area (Å²) in [5.74, 6) is 1.000. The van der Waals surface area contributed by atoms with Crippen molar-refractivity contribution in [3.05, 3.63) is 77.9 Å². The number of ketones is 1. The summed E-state index contributed by atoms with van der Waals surface area (Å²) < 4.78 is 12.9. The Bertz CT molecular complexity index is 881. The van der Waals surface area contributed by atoms with E-state index in [1.54, 1.807) is 30.3 Å². The molecule has 126 valence electrons. The van der Waals surface area contributed by atoms with Gasteiger partial charge in [-0.1, -0.05) is 24.3 Å². The second kappa shape index (κ2) is 7.53. The minimum atomic E-state index is -0.259. The summed E-state index contributed by atoms with van der Waals surface area (Å²) in [6.07, 6.45) is 1.45. The third-order valence-corrected chi connectivity index (χ3v) is 3.60. The van der Waals surface area contributed by atoms with Crippen LogP contribution in [0.15, 0.2) is 60.9 Å². The van der Waals surface area contributed by atoms with Gasteiger partial charge in [0.1, 0.15) is 23.8 Å². The van der Waals surface area contributed by atoms with Gasteiger partial charge in [-0.05, 0) is 36.8 Å². The van der Waals surface area contributed by atoms with Crippen LogP contribution in [0.2, 0.25) is 0 Å². The number of nitrogens with one attached hydrogen (secondary N) is 2. The van der Waals surface area contributed by atoms with Crippen LogP contribution in [0, 0.1) is 5.82 Å². The number of aromatic nitrogens is 2. The molecule has 0 amide bonds. The Morgan fingerprint density at radius 2 is 1.80 bits per heavy atom. The zero-order valence-corrected chi connectivity index (χ0v) is 13.7. The van der Waals surface area contributed by atoms with Crippen LogP contribution >= 0.6 is 0 Å². The molecule has 5 nitrogen and oxygen atoms in total. The first-order valence-corrected chi connectivity index (χ1v) is 7.78. The standard InChI is InChI=1S/C19H17FN4O/c1-13(25)15-3-2-4-17(9-15)24-19-10-18(22-12-23-19)21-11-14-5-7-16(20)8-6-14/h2-10,12H,11H2,1H3,(H2,21,22,23,24). The number of hydrogen-bond donors (Lipinski definition) is 2. The van der Waals surface area contributed by atoms with Gasteiger partial charge in [0.15, 0.2) is 5.78 Å². The Labute approximate surface area is 145 Å². The Kier molecular flexibility index (Phi) is 4.99. The van der Waals surface area contributed by atoms with Crippen molar-refractivity contribution in [1.82, 2.24) is 9.97 Å². The molecule has 0 radical (unpaired) electrons. The van der Waals surface area contributed by atoms with Gasteiger partial charge in [0.05, 0.1) is 0 Å². The molecule has 0 atom stereocenters. The van der Waals surface area contributed by atoms with Crippen molar-refractivity contribution >= 4 is 23.1 Å². The van der Waals surface area contributed by atoms with Crippen LogP contribution in [0.25, 0.3) is 0 Å². The van der Waals surface area contributed by atoms with E-state index >= 15 is 0 Å². The van der Waals surface area contributed by atoms with Crippen LogP contribution in [-0.4, -0.2) is 15.8 Å². The van der Waals surface area contributed by atoms with Crippen molar-refractivity contribution in [2.75, 3.05) is 10.6 Å². The van der Waals surface area contributed by atoms with E-state index in [4.69, 9.17) is 0 Å². The number of halogens is 1.